The average Bonchev–Trinajstić information content (AvgIpc) is 3.50. The van der Waals surface area contributed by atoms with Gasteiger partial charge in [0.15, 0.2) is 23.1 Å². The van der Waals surface area contributed by atoms with Gasteiger partial charge in [-0.05, 0) is 54.4 Å². The molecule has 2 atom stereocenters. The summed E-state index contributed by atoms with van der Waals surface area (Å²) in [6.45, 7) is 5.56. The van der Waals surface area contributed by atoms with Crippen LogP contribution in [-0.2, 0) is 11.2 Å². The molecule has 0 amide bonds. The topological polar surface area (TPSA) is 126 Å². The van der Waals surface area contributed by atoms with Crippen molar-refractivity contribution < 1.29 is 42.7 Å². The van der Waals surface area contributed by atoms with Crippen LogP contribution >= 0.6 is 0 Å². The standard InChI is InChI=1S/C23H23FN2O4.C15H24FNO3/c1-28-22-11-15(24)9-10-20(22)30-14-25-12-16(27)13-29-21-8-4-7-19-23(21)17-5-2-3-6-18(17)26-19;1-11(2)17-9-13(18)10-20-15-5-4-12(6-7-19-3)8-14(15)16/h2-11,16,25-27H,12-14H2,1H3;4-5,8,11,13,17-18H,6-7,9-10H2,1-3H3. The maximum absolute atomic E-state index is 13.8. The fraction of sp³-hybridized carbons (Fsp3) is 0.368. The van der Waals surface area contributed by atoms with Gasteiger partial charge in [-0.1, -0.05) is 44.2 Å². The SMILES string of the molecule is COCCc1ccc(OCC(O)CNC(C)C)c(F)c1.COc1cc(F)ccc1OCNCC(O)COc1cccc2[nH]c3ccccc3c12. The first-order valence-corrected chi connectivity index (χ1v) is 16.5. The predicted molar refractivity (Wildman–Crippen MR) is 190 cm³/mol. The van der Waals surface area contributed by atoms with Gasteiger partial charge in [0.05, 0.1) is 19.2 Å². The number of fused-ring (bicyclic) bond motifs is 3. The van der Waals surface area contributed by atoms with Gasteiger partial charge in [0.1, 0.15) is 43.7 Å². The van der Waals surface area contributed by atoms with Crippen LogP contribution in [0.5, 0.6) is 23.0 Å². The molecule has 5 N–H and O–H groups in total. The van der Waals surface area contributed by atoms with E-state index in [-0.39, 0.29) is 32.2 Å². The summed E-state index contributed by atoms with van der Waals surface area (Å²) in [6, 6.07) is 23.0. The van der Waals surface area contributed by atoms with E-state index in [0.717, 1.165) is 33.1 Å². The summed E-state index contributed by atoms with van der Waals surface area (Å²) in [6.07, 6.45) is -0.733. The minimum absolute atomic E-state index is 0.0635. The fourth-order valence-corrected chi connectivity index (χ4v) is 5.00. The average molecular weight is 696 g/mol. The Bertz CT molecular complexity index is 1770. The third-order valence-electron chi connectivity index (χ3n) is 7.54. The molecule has 0 saturated heterocycles. The van der Waals surface area contributed by atoms with E-state index < -0.39 is 23.8 Å². The highest BCUT2D eigenvalue weighted by atomic mass is 19.1. The number of rotatable bonds is 18. The highest BCUT2D eigenvalue weighted by Crippen LogP contribution is 2.33. The molecule has 270 valence electrons. The van der Waals surface area contributed by atoms with E-state index in [1.807, 2.05) is 56.3 Å². The Morgan fingerprint density at radius 1 is 0.740 bits per heavy atom. The largest absolute Gasteiger partial charge is 0.493 e. The molecule has 4 aromatic carbocycles. The molecule has 1 aromatic heterocycles. The van der Waals surface area contributed by atoms with Gasteiger partial charge in [-0.3, -0.25) is 5.32 Å². The summed E-state index contributed by atoms with van der Waals surface area (Å²) < 4.78 is 53.8. The van der Waals surface area contributed by atoms with Crippen molar-refractivity contribution >= 4 is 21.8 Å². The second kappa shape index (κ2) is 19.7. The number of aliphatic hydroxyl groups excluding tert-OH is 2. The highest BCUT2D eigenvalue weighted by Gasteiger charge is 2.13. The molecule has 0 fully saturated rings. The van der Waals surface area contributed by atoms with E-state index >= 15 is 0 Å². The summed E-state index contributed by atoms with van der Waals surface area (Å²) in [5.74, 6) is 0.800. The molecule has 2 unspecified atom stereocenters. The van der Waals surface area contributed by atoms with E-state index in [0.29, 0.717) is 37.1 Å². The second-order valence-corrected chi connectivity index (χ2v) is 11.9. The normalized spacial score (nSPS) is 12.4. The van der Waals surface area contributed by atoms with Gasteiger partial charge < -0.3 is 44.2 Å². The highest BCUT2D eigenvalue weighted by molar-refractivity contribution is 6.10. The number of methoxy groups -OCH3 is 2. The lowest BCUT2D eigenvalue weighted by atomic mass is 10.1. The van der Waals surface area contributed by atoms with Crippen molar-refractivity contribution in [3.8, 4) is 23.0 Å². The monoisotopic (exact) mass is 695 g/mol. The number of aliphatic hydroxyl groups is 2. The first-order chi connectivity index (χ1) is 24.2. The van der Waals surface area contributed by atoms with Crippen LogP contribution in [0.4, 0.5) is 8.78 Å². The van der Waals surface area contributed by atoms with Crippen LogP contribution in [-0.4, -0.2) is 87.3 Å². The molecular weight excluding hydrogens is 648 g/mol. The minimum atomic E-state index is -0.732. The van der Waals surface area contributed by atoms with Gasteiger partial charge in [0, 0.05) is 48.6 Å². The lowest BCUT2D eigenvalue weighted by Gasteiger charge is -2.15. The molecule has 0 saturated carbocycles. The van der Waals surface area contributed by atoms with E-state index in [2.05, 4.69) is 15.6 Å². The summed E-state index contributed by atoms with van der Waals surface area (Å²) in [4.78, 5) is 3.37. The quantitative estimate of drug-likeness (QED) is 0.0590. The lowest BCUT2D eigenvalue weighted by Crippen LogP contribution is -2.35. The van der Waals surface area contributed by atoms with E-state index in [1.54, 1.807) is 19.2 Å². The number of para-hydroxylation sites is 1. The van der Waals surface area contributed by atoms with Gasteiger partial charge in [-0.25, -0.2) is 8.78 Å². The smallest absolute Gasteiger partial charge is 0.165 e. The molecule has 50 heavy (non-hydrogen) atoms. The Kier molecular flexibility index (Phi) is 15.1. The molecule has 5 rings (SSSR count). The van der Waals surface area contributed by atoms with Crippen molar-refractivity contribution in [2.24, 2.45) is 0 Å². The van der Waals surface area contributed by atoms with Crippen LogP contribution in [0.3, 0.4) is 0 Å². The zero-order valence-corrected chi connectivity index (χ0v) is 28.9. The Labute approximate surface area is 291 Å². The molecule has 0 aliphatic rings. The van der Waals surface area contributed by atoms with Crippen LogP contribution in [0, 0.1) is 11.6 Å². The first-order valence-electron chi connectivity index (χ1n) is 16.5. The van der Waals surface area contributed by atoms with Crippen molar-refractivity contribution in [1.29, 1.82) is 0 Å². The molecule has 0 spiro atoms. The number of hydrogen-bond donors (Lipinski definition) is 5. The molecule has 0 aliphatic heterocycles. The number of halogens is 2. The number of ether oxygens (including phenoxy) is 5. The van der Waals surface area contributed by atoms with Crippen LogP contribution < -0.4 is 29.6 Å². The summed E-state index contributed by atoms with van der Waals surface area (Å²) >= 11 is 0. The van der Waals surface area contributed by atoms with Crippen molar-refractivity contribution in [1.82, 2.24) is 15.6 Å². The molecule has 0 bridgehead atoms. The molecular formula is C38H47F2N3O7. The third-order valence-corrected chi connectivity index (χ3v) is 7.54. The van der Waals surface area contributed by atoms with Gasteiger partial charge in [0.2, 0.25) is 0 Å². The zero-order valence-electron chi connectivity index (χ0n) is 28.9. The molecule has 0 radical (unpaired) electrons. The molecule has 1 heterocycles. The van der Waals surface area contributed by atoms with Crippen molar-refractivity contribution in [2.75, 3.05) is 53.9 Å². The number of H-pyrrole nitrogens is 1. The summed E-state index contributed by atoms with van der Waals surface area (Å²) in [7, 11) is 3.06. The lowest BCUT2D eigenvalue weighted by molar-refractivity contribution is 0.100. The van der Waals surface area contributed by atoms with Crippen molar-refractivity contribution in [2.45, 2.75) is 38.5 Å². The maximum Gasteiger partial charge on any atom is 0.165 e. The van der Waals surface area contributed by atoms with Crippen LogP contribution in [0.1, 0.15) is 19.4 Å². The van der Waals surface area contributed by atoms with E-state index in [1.165, 1.54) is 31.4 Å². The van der Waals surface area contributed by atoms with Gasteiger partial charge in [-0.15, -0.1) is 0 Å². The Morgan fingerprint density at radius 3 is 2.20 bits per heavy atom. The minimum Gasteiger partial charge on any atom is -0.493 e. The Morgan fingerprint density at radius 2 is 1.46 bits per heavy atom. The number of nitrogens with one attached hydrogen (secondary N) is 3. The number of aromatic nitrogens is 1. The Balaban J connectivity index is 0.000000246. The van der Waals surface area contributed by atoms with Crippen molar-refractivity contribution in [3.05, 3.63) is 96.1 Å². The zero-order chi connectivity index (χ0) is 35.9. The van der Waals surface area contributed by atoms with Gasteiger partial charge >= 0.3 is 0 Å². The van der Waals surface area contributed by atoms with E-state index in [4.69, 9.17) is 23.7 Å². The van der Waals surface area contributed by atoms with Gasteiger partial charge in [-0.2, -0.15) is 0 Å². The fourth-order valence-electron chi connectivity index (χ4n) is 5.00. The van der Waals surface area contributed by atoms with Crippen LogP contribution in [0.2, 0.25) is 0 Å². The number of hydrogen-bond acceptors (Lipinski definition) is 9. The first kappa shape index (κ1) is 38.3. The predicted octanol–water partition coefficient (Wildman–Crippen LogP) is 5.59. The summed E-state index contributed by atoms with van der Waals surface area (Å²) in [5.41, 5.74) is 2.89. The van der Waals surface area contributed by atoms with Crippen LogP contribution in [0.25, 0.3) is 21.8 Å². The molecule has 5 aromatic rings. The Hall–Kier alpha value is -4.46. The molecule has 12 heteroatoms. The van der Waals surface area contributed by atoms with Crippen LogP contribution in [0.15, 0.2) is 78.9 Å². The second-order valence-electron chi connectivity index (χ2n) is 11.9. The third kappa shape index (κ3) is 11.6. The molecule has 0 aliphatic carbocycles. The van der Waals surface area contributed by atoms with Crippen molar-refractivity contribution in [3.63, 3.8) is 0 Å². The summed E-state index contributed by atoms with van der Waals surface area (Å²) in [5, 5.41) is 28.1. The van der Waals surface area contributed by atoms with Gasteiger partial charge in [0.25, 0.3) is 0 Å². The van der Waals surface area contributed by atoms with E-state index in [9.17, 15) is 19.0 Å². The molecule has 10 nitrogen and oxygen atoms in total. The maximum atomic E-state index is 13.8. The number of benzene rings is 4. The number of aromatic amines is 1.